The number of cyclic esters (lactones) is 1. The second-order valence-corrected chi connectivity index (χ2v) is 2.16. The van der Waals surface area contributed by atoms with Crippen LogP contribution < -0.4 is 0 Å². The summed E-state index contributed by atoms with van der Waals surface area (Å²) in [6, 6.07) is 0. The number of hydrogen-bond acceptors (Lipinski definition) is 4. The molecule has 2 atom stereocenters. The van der Waals surface area contributed by atoms with Gasteiger partial charge in [-0.05, 0) is 6.92 Å². The lowest BCUT2D eigenvalue weighted by Gasteiger charge is -2.31. The Labute approximate surface area is 58.7 Å². The Balaban J connectivity index is 2.20. The highest BCUT2D eigenvalue weighted by Crippen LogP contribution is 2.16. The minimum atomic E-state index is -0.452. The Morgan fingerprint density at radius 1 is 1.80 bits per heavy atom. The van der Waals surface area contributed by atoms with Crippen LogP contribution in [-0.4, -0.2) is 36.5 Å². The number of rotatable bonds is 3. The average molecular weight is 146 g/mol. The van der Waals surface area contributed by atoms with Gasteiger partial charge in [-0.2, -0.15) is 0 Å². The standard InChI is InChI=1S/C6H10O4/c1-4-5(6(8)10-4)9-3-2-7/h4-5,7H,2-3H2,1H3. The first kappa shape index (κ1) is 7.50. The fraction of sp³-hybridized carbons (Fsp3) is 0.833. The van der Waals surface area contributed by atoms with Gasteiger partial charge in [-0.1, -0.05) is 0 Å². The van der Waals surface area contributed by atoms with E-state index in [0.29, 0.717) is 0 Å². The molecule has 0 spiro atoms. The van der Waals surface area contributed by atoms with Crippen molar-refractivity contribution >= 4 is 5.97 Å². The number of ether oxygens (including phenoxy) is 2. The van der Waals surface area contributed by atoms with Crippen LogP contribution >= 0.6 is 0 Å². The van der Waals surface area contributed by atoms with E-state index in [1.165, 1.54) is 0 Å². The van der Waals surface area contributed by atoms with Gasteiger partial charge in [0, 0.05) is 0 Å². The van der Waals surface area contributed by atoms with Crippen LogP contribution in [0.5, 0.6) is 0 Å². The van der Waals surface area contributed by atoms with Crippen LogP contribution in [0.25, 0.3) is 0 Å². The van der Waals surface area contributed by atoms with E-state index in [-0.39, 0.29) is 25.3 Å². The summed E-state index contributed by atoms with van der Waals surface area (Å²) in [4.78, 5) is 10.5. The lowest BCUT2D eigenvalue weighted by atomic mass is 10.1. The third-order valence-electron chi connectivity index (χ3n) is 1.35. The van der Waals surface area contributed by atoms with E-state index < -0.39 is 6.10 Å². The number of aliphatic hydroxyl groups is 1. The third-order valence-corrected chi connectivity index (χ3v) is 1.35. The largest absolute Gasteiger partial charge is 0.457 e. The molecule has 58 valence electrons. The topological polar surface area (TPSA) is 55.8 Å². The SMILES string of the molecule is CC1OC(=O)C1OCCO. The predicted octanol–water partition coefficient (Wildman–Crippen LogP) is -0.691. The van der Waals surface area contributed by atoms with E-state index in [9.17, 15) is 4.79 Å². The van der Waals surface area contributed by atoms with Crippen molar-refractivity contribution in [3.8, 4) is 0 Å². The molecule has 0 saturated carbocycles. The lowest BCUT2D eigenvalue weighted by molar-refractivity contribution is -0.203. The zero-order valence-electron chi connectivity index (χ0n) is 5.74. The number of aliphatic hydroxyl groups excluding tert-OH is 1. The van der Waals surface area contributed by atoms with Crippen LogP contribution in [0.15, 0.2) is 0 Å². The van der Waals surface area contributed by atoms with Gasteiger partial charge in [-0.15, -0.1) is 0 Å². The summed E-state index contributed by atoms with van der Waals surface area (Å²) < 4.78 is 9.53. The first-order valence-corrected chi connectivity index (χ1v) is 3.18. The van der Waals surface area contributed by atoms with E-state index in [1.54, 1.807) is 6.92 Å². The summed E-state index contributed by atoms with van der Waals surface area (Å²) >= 11 is 0. The van der Waals surface area contributed by atoms with Crippen LogP contribution in [0.4, 0.5) is 0 Å². The van der Waals surface area contributed by atoms with E-state index in [0.717, 1.165) is 0 Å². The van der Waals surface area contributed by atoms with Gasteiger partial charge in [0.05, 0.1) is 13.2 Å². The van der Waals surface area contributed by atoms with E-state index in [2.05, 4.69) is 4.74 Å². The van der Waals surface area contributed by atoms with Crippen LogP contribution in [0, 0.1) is 0 Å². The molecule has 0 radical (unpaired) electrons. The average Bonchev–Trinajstić information content (AvgIpc) is 1.89. The van der Waals surface area contributed by atoms with Gasteiger partial charge in [0.1, 0.15) is 6.10 Å². The van der Waals surface area contributed by atoms with Gasteiger partial charge >= 0.3 is 5.97 Å². The van der Waals surface area contributed by atoms with Gasteiger partial charge in [-0.25, -0.2) is 4.79 Å². The highest BCUT2D eigenvalue weighted by molar-refractivity contribution is 5.80. The minimum absolute atomic E-state index is 0.0590. The van der Waals surface area contributed by atoms with Crippen LogP contribution in [-0.2, 0) is 14.3 Å². The second-order valence-electron chi connectivity index (χ2n) is 2.16. The van der Waals surface area contributed by atoms with Gasteiger partial charge in [0.2, 0.25) is 0 Å². The summed E-state index contributed by atoms with van der Waals surface area (Å²) in [6.45, 7) is 1.89. The van der Waals surface area contributed by atoms with Gasteiger partial charge in [-0.3, -0.25) is 0 Å². The molecular weight excluding hydrogens is 136 g/mol. The Kier molecular flexibility index (Phi) is 2.24. The molecule has 0 aliphatic carbocycles. The molecule has 0 amide bonds. The molecule has 1 N–H and O–H groups in total. The monoisotopic (exact) mass is 146 g/mol. The summed E-state index contributed by atoms with van der Waals surface area (Å²) in [5, 5.41) is 8.33. The Hall–Kier alpha value is -0.610. The van der Waals surface area contributed by atoms with Crippen LogP contribution in [0.3, 0.4) is 0 Å². The van der Waals surface area contributed by atoms with Crippen molar-refractivity contribution in [3.05, 3.63) is 0 Å². The quantitative estimate of drug-likeness (QED) is 0.535. The second kappa shape index (κ2) is 2.98. The molecule has 10 heavy (non-hydrogen) atoms. The van der Waals surface area contributed by atoms with E-state index >= 15 is 0 Å². The number of carbonyl (C=O) groups excluding carboxylic acids is 1. The van der Waals surface area contributed by atoms with Crippen molar-refractivity contribution < 1.29 is 19.4 Å². The van der Waals surface area contributed by atoms with E-state index in [1.807, 2.05) is 0 Å². The summed E-state index contributed by atoms with van der Waals surface area (Å²) in [5.74, 6) is -0.332. The molecule has 1 heterocycles. The molecule has 4 heteroatoms. The fourth-order valence-corrected chi connectivity index (χ4v) is 0.815. The molecule has 1 aliphatic heterocycles. The van der Waals surface area contributed by atoms with E-state index in [4.69, 9.17) is 9.84 Å². The van der Waals surface area contributed by atoms with Gasteiger partial charge in [0.25, 0.3) is 0 Å². The van der Waals surface area contributed by atoms with Crippen molar-refractivity contribution in [2.45, 2.75) is 19.1 Å². The van der Waals surface area contributed by atoms with Crippen molar-refractivity contribution in [1.29, 1.82) is 0 Å². The third kappa shape index (κ3) is 1.27. The molecule has 1 saturated heterocycles. The van der Waals surface area contributed by atoms with Crippen molar-refractivity contribution in [2.24, 2.45) is 0 Å². The van der Waals surface area contributed by atoms with Gasteiger partial charge < -0.3 is 14.6 Å². The predicted molar refractivity (Wildman–Crippen MR) is 32.4 cm³/mol. The van der Waals surface area contributed by atoms with Crippen LogP contribution in [0.1, 0.15) is 6.92 Å². The fourth-order valence-electron chi connectivity index (χ4n) is 0.815. The number of carbonyl (C=O) groups is 1. The maximum absolute atomic E-state index is 10.5. The molecule has 1 rings (SSSR count). The van der Waals surface area contributed by atoms with Gasteiger partial charge in [0.15, 0.2) is 6.10 Å². The maximum Gasteiger partial charge on any atom is 0.339 e. The van der Waals surface area contributed by atoms with Crippen LogP contribution in [0.2, 0.25) is 0 Å². The molecule has 0 aromatic rings. The number of hydrogen-bond donors (Lipinski definition) is 1. The first-order chi connectivity index (χ1) is 4.75. The maximum atomic E-state index is 10.5. The Bertz CT molecular complexity index is 134. The molecule has 2 unspecified atom stereocenters. The molecule has 1 aliphatic rings. The van der Waals surface area contributed by atoms with Crippen molar-refractivity contribution in [3.63, 3.8) is 0 Å². The zero-order chi connectivity index (χ0) is 7.56. The highest BCUT2D eigenvalue weighted by Gasteiger charge is 2.39. The lowest BCUT2D eigenvalue weighted by Crippen LogP contribution is -2.50. The molecule has 0 aromatic heterocycles. The zero-order valence-corrected chi connectivity index (χ0v) is 5.74. The normalized spacial score (nSPS) is 31.2. The van der Waals surface area contributed by atoms with Crippen molar-refractivity contribution in [1.82, 2.24) is 0 Å². The smallest absolute Gasteiger partial charge is 0.339 e. The minimum Gasteiger partial charge on any atom is -0.457 e. The molecular formula is C6H10O4. The highest BCUT2D eigenvalue weighted by atomic mass is 16.6. The summed E-state index contributed by atoms with van der Waals surface area (Å²) in [7, 11) is 0. The first-order valence-electron chi connectivity index (χ1n) is 3.18. The molecule has 0 bridgehead atoms. The Morgan fingerprint density at radius 2 is 2.50 bits per heavy atom. The summed E-state index contributed by atoms with van der Waals surface area (Å²) in [5.41, 5.74) is 0. The number of esters is 1. The molecule has 1 fully saturated rings. The molecule has 0 aromatic carbocycles. The Morgan fingerprint density at radius 3 is 2.90 bits per heavy atom. The molecule has 4 nitrogen and oxygen atoms in total. The van der Waals surface area contributed by atoms with Crippen molar-refractivity contribution in [2.75, 3.05) is 13.2 Å². The summed E-state index contributed by atoms with van der Waals surface area (Å²) in [6.07, 6.45) is -0.605.